The number of anilines is 2. The molecule has 0 unspecified atom stereocenters. The van der Waals surface area contributed by atoms with E-state index in [2.05, 4.69) is 9.97 Å². The average Bonchev–Trinajstić information content (AvgIpc) is 2.52. The van der Waals surface area contributed by atoms with Gasteiger partial charge < -0.3 is 4.90 Å². The van der Waals surface area contributed by atoms with E-state index in [4.69, 9.17) is 11.6 Å². The van der Waals surface area contributed by atoms with Gasteiger partial charge in [0.1, 0.15) is 16.8 Å². The molecule has 2 heterocycles. The molecular weight excluding hydrogens is 384 g/mol. The van der Waals surface area contributed by atoms with Crippen LogP contribution in [0, 0.1) is 6.92 Å². The number of aromatic nitrogens is 2. The lowest BCUT2D eigenvalue weighted by Crippen LogP contribution is -2.29. The molecule has 3 nitrogen and oxygen atoms in total. The third-order valence-electron chi connectivity index (χ3n) is 4.03. The summed E-state index contributed by atoms with van der Waals surface area (Å²) in [6.45, 7) is 1.71. The molecule has 0 saturated carbocycles. The molecule has 10 heteroatoms. The highest BCUT2D eigenvalue weighted by Gasteiger charge is 2.40. The molecule has 0 atom stereocenters. The van der Waals surface area contributed by atoms with Gasteiger partial charge in [0.25, 0.3) is 0 Å². The summed E-state index contributed by atoms with van der Waals surface area (Å²) >= 11 is 6.07. The van der Waals surface area contributed by atoms with Crippen LogP contribution in [0.2, 0.25) is 5.15 Å². The Hall–Kier alpha value is -2.03. The van der Waals surface area contributed by atoms with Crippen LogP contribution < -0.4 is 4.90 Å². The van der Waals surface area contributed by atoms with Crippen LogP contribution in [0.4, 0.5) is 37.8 Å². The van der Waals surface area contributed by atoms with E-state index in [9.17, 15) is 26.3 Å². The molecule has 1 aliphatic rings. The summed E-state index contributed by atoms with van der Waals surface area (Å²) < 4.78 is 78.9. The van der Waals surface area contributed by atoms with Crippen LogP contribution in [-0.4, -0.2) is 16.5 Å². The van der Waals surface area contributed by atoms with Crippen LogP contribution in [0.25, 0.3) is 0 Å². The Labute approximate surface area is 149 Å². The van der Waals surface area contributed by atoms with Gasteiger partial charge >= 0.3 is 12.4 Å². The van der Waals surface area contributed by atoms with Crippen molar-refractivity contribution in [1.82, 2.24) is 9.97 Å². The maximum Gasteiger partial charge on any atom is 0.418 e. The van der Waals surface area contributed by atoms with Gasteiger partial charge in [0.2, 0.25) is 0 Å². The number of alkyl halides is 6. The van der Waals surface area contributed by atoms with Crippen LogP contribution in [0.15, 0.2) is 18.2 Å². The average molecular weight is 396 g/mol. The quantitative estimate of drug-likeness (QED) is 0.467. The summed E-state index contributed by atoms with van der Waals surface area (Å²) in [6, 6.07) is 1.58. The normalized spacial score (nSPS) is 15.2. The Balaban J connectivity index is 2.20. The summed E-state index contributed by atoms with van der Waals surface area (Å²) in [7, 11) is 0. The lowest BCUT2D eigenvalue weighted by Gasteiger charge is -2.32. The van der Waals surface area contributed by atoms with Crippen LogP contribution in [-0.2, 0) is 18.8 Å². The van der Waals surface area contributed by atoms with Gasteiger partial charge in [-0.1, -0.05) is 11.6 Å². The molecule has 140 valence electrons. The predicted octanol–water partition coefficient (Wildman–Crippen LogP) is 5.56. The second kappa shape index (κ2) is 6.29. The first-order valence-electron chi connectivity index (χ1n) is 7.57. The van der Waals surface area contributed by atoms with E-state index < -0.39 is 23.5 Å². The van der Waals surface area contributed by atoms with Gasteiger partial charge in [0.15, 0.2) is 0 Å². The molecule has 0 bridgehead atoms. The number of fused-ring (bicyclic) bond motifs is 1. The fourth-order valence-electron chi connectivity index (χ4n) is 2.91. The zero-order chi connectivity index (χ0) is 19.3. The molecule has 1 aromatic carbocycles. The molecule has 0 saturated heterocycles. The molecule has 0 radical (unpaired) electrons. The molecule has 26 heavy (non-hydrogen) atoms. The van der Waals surface area contributed by atoms with Gasteiger partial charge in [0.05, 0.1) is 16.8 Å². The number of hydrogen-bond donors (Lipinski definition) is 0. The smallest absolute Gasteiger partial charge is 0.325 e. The topological polar surface area (TPSA) is 29.0 Å². The van der Waals surface area contributed by atoms with E-state index in [0.29, 0.717) is 24.5 Å². The highest BCUT2D eigenvalue weighted by molar-refractivity contribution is 6.30. The molecule has 0 N–H and O–H groups in total. The van der Waals surface area contributed by atoms with Crippen LogP contribution >= 0.6 is 11.6 Å². The van der Waals surface area contributed by atoms with Crippen molar-refractivity contribution in [1.29, 1.82) is 0 Å². The summed E-state index contributed by atoms with van der Waals surface area (Å²) in [4.78, 5) is 9.41. The van der Waals surface area contributed by atoms with Crippen molar-refractivity contribution in [3.63, 3.8) is 0 Å². The van der Waals surface area contributed by atoms with Gasteiger partial charge in [-0.25, -0.2) is 9.97 Å². The molecule has 0 amide bonds. The van der Waals surface area contributed by atoms with Crippen molar-refractivity contribution >= 4 is 23.1 Å². The van der Waals surface area contributed by atoms with Crippen molar-refractivity contribution in [3.8, 4) is 0 Å². The zero-order valence-electron chi connectivity index (χ0n) is 13.3. The highest BCUT2D eigenvalue weighted by atomic mass is 35.5. The van der Waals surface area contributed by atoms with Gasteiger partial charge in [-0.3, -0.25) is 0 Å². The Kier molecular flexibility index (Phi) is 4.54. The predicted molar refractivity (Wildman–Crippen MR) is 83.6 cm³/mol. The molecular formula is C16H12ClF6N3. The Morgan fingerprint density at radius 3 is 2.35 bits per heavy atom. The summed E-state index contributed by atoms with van der Waals surface area (Å²) in [5.41, 5.74) is -2.63. The Morgan fingerprint density at radius 2 is 1.73 bits per heavy atom. The number of aryl methyl sites for hydroxylation is 1. The van der Waals surface area contributed by atoms with Crippen LogP contribution in [0.5, 0.6) is 0 Å². The van der Waals surface area contributed by atoms with E-state index in [1.165, 1.54) is 11.8 Å². The Morgan fingerprint density at radius 1 is 1.04 bits per heavy atom. The van der Waals surface area contributed by atoms with Crippen molar-refractivity contribution in [2.75, 3.05) is 11.4 Å². The van der Waals surface area contributed by atoms with E-state index in [1.54, 1.807) is 0 Å². The number of benzene rings is 1. The van der Waals surface area contributed by atoms with E-state index in [1.807, 2.05) is 0 Å². The SMILES string of the molecule is Cc1nc(Cl)c2c(n1)N(c1ccc(C(F)(F)F)cc1C(F)(F)F)CCC2. The molecule has 1 aromatic heterocycles. The minimum atomic E-state index is -4.96. The summed E-state index contributed by atoms with van der Waals surface area (Å²) in [5, 5.41) is 0.137. The molecule has 0 aliphatic carbocycles. The maximum absolute atomic E-state index is 13.5. The minimum Gasteiger partial charge on any atom is -0.325 e. The van der Waals surface area contributed by atoms with Gasteiger partial charge in [0, 0.05) is 12.1 Å². The maximum atomic E-state index is 13.5. The second-order valence-corrected chi connectivity index (χ2v) is 6.20. The molecule has 2 aromatic rings. The Bertz CT molecular complexity index is 847. The van der Waals surface area contributed by atoms with E-state index in [0.717, 1.165) is 6.07 Å². The van der Waals surface area contributed by atoms with Crippen LogP contribution in [0.3, 0.4) is 0 Å². The van der Waals surface area contributed by atoms with E-state index in [-0.39, 0.29) is 35.1 Å². The molecule has 3 rings (SSSR count). The van der Waals surface area contributed by atoms with Crippen molar-refractivity contribution in [2.24, 2.45) is 0 Å². The first-order chi connectivity index (χ1) is 12.0. The third kappa shape index (κ3) is 3.44. The second-order valence-electron chi connectivity index (χ2n) is 5.85. The zero-order valence-corrected chi connectivity index (χ0v) is 14.1. The summed E-state index contributed by atoms with van der Waals surface area (Å²) in [6.07, 6.45) is -8.88. The number of hydrogen-bond acceptors (Lipinski definition) is 3. The first-order valence-corrected chi connectivity index (χ1v) is 7.95. The molecule has 1 aliphatic heterocycles. The standard InChI is InChI=1S/C16H12ClF6N3/c1-8-24-13(17)10-3-2-6-26(14(10)25-8)12-5-4-9(15(18,19)20)7-11(12)16(21,22)23/h4-5,7H,2-3,6H2,1H3. The fraction of sp³-hybridized carbons (Fsp3) is 0.375. The monoisotopic (exact) mass is 395 g/mol. The van der Waals surface area contributed by atoms with Crippen molar-refractivity contribution in [3.05, 3.63) is 45.9 Å². The number of nitrogens with zero attached hydrogens (tertiary/aromatic N) is 3. The van der Waals surface area contributed by atoms with Crippen molar-refractivity contribution in [2.45, 2.75) is 32.1 Å². The number of rotatable bonds is 1. The highest BCUT2D eigenvalue weighted by Crippen LogP contribution is 2.44. The fourth-order valence-corrected chi connectivity index (χ4v) is 3.22. The van der Waals surface area contributed by atoms with Gasteiger partial charge in [-0.15, -0.1) is 0 Å². The minimum absolute atomic E-state index is 0.124. The number of halogens is 7. The largest absolute Gasteiger partial charge is 0.418 e. The lowest BCUT2D eigenvalue weighted by molar-refractivity contribution is -0.142. The van der Waals surface area contributed by atoms with Gasteiger partial charge in [-0.05, 0) is 38.0 Å². The van der Waals surface area contributed by atoms with E-state index >= 15 is 0 Å². The third-order valence-corrected chi connectivity index (χ3v) is 4.34. The molecule has 0 fully saturated rings. The first kappa shape index (κ1) is 18.8. The van der Waals surface area contributed by atoms with Crippen molar-refractivity contribution < 1.29 is 26.3 Å². The lowest BCUT2D eigenvalue weighted by atomic mass is 10.0. The summed E-state index contributed by atoms with van der Waals surface area (Å²) in [5.74, 6) is 0.458. The van der Waals surface area contributed by atoms with Crippen LogP contribution in [0.1, 0.15) is 28.9 Å². The van der Waals surface area contributed by atoms with Gasteiger partial charge in [-0.2, -0.15) is 26.3 Å². The molecule has 0 spiro atoms.